The minimum atomic E-state index is 0.413. The first-order valence-corrected chi connectivity index (χ1v) is 6.72. The van der Waals surface area contributed by atoms with Gasteiger partial charge in [0.25, 0.3) is 0 Å². The van der Waals surface area contributed by atoms with Crippen LogP contribution >= 0.6 is 0 Å². The van der Waals surface area contributed by atoms with E-state index < -0.39 is 0 Å². The van der Waals surface area contributed by atoms with Crippen molar-refractivity contribution in [3.05, 3.63) is 71.8 Å². The minimum Gasteiger partial charge on any atom is -0.290 e. The Morgan fingerprint density at radius 3 is 1.72 bits per heavy atom. The van der Waals surface area contributed by atoms with Crippen molar-refractivity contribution >= 4 is 0 Å². The molecule has 0 amide bonds. The van der Waals surface area contributed by atoms with Gasteiger partial charge >= 0.3 is 0 Å². The van der Waals surface area contributed by atoms with Crippen LogP contribution in [-0.2, 0) is 0 Å². The van der Waals surface area contributed by atoms with Crippen LogP contribution in [0.5, 0.6) is 0 Å². The number of rotatable bonds is 3. The highest BCUT2D eigenvalue weighted by molar-refractivity contribution is 5.32. The normalized spacial score (nSPS) is 19.8. The van der Waals surface area contributed by atoms with Crippen molar-refractivity contribution in [1.29, 1.82) is 0 Å². The number of hydrogen-bond donors (Lipinski definition) is 0. The molecule has 1 aliphatic heterocycles. The lowest BCUT2D eigenvalue weighted by atomic mass is 9.91. The Bertz CT molecular complexity index is 452. The van der Waals surface area contributed by atoms with Gasteiger partial charge in [-0.05, 0) is 24.5 Å². The summed E-state index contributed by atoms with van der Waals surface area (Å²) in [4.78, 5) is 2.59. The molecule has 18 heavy (non-hydrogen) atoms. The maximum atomic E-state index is 2.59. The molecule has 0 radical (unpaired) electrons. The highest BCUT2D eigenvalue weighted by Crippen LogP contribution is 2.35. The second-order valence-electron chi connectivity index (χ2n) is 5.10. The lowest BCUT2D eigenvalue weighted by Crippen LogP contribution is -2.47. The maximum absolute atomic E-state index is 2.59. The number of benzene rings is 2. The van der Waals surface area contributed by atoms with Crippen LogP contribution < -0.4 is 0 Å². The maximum Gasteiger partial charge on any atom is 0.0604 e. The van der Waals surface area contributed by atoms with Crippen molar-refractivity contribution in [2.24, 2.45) is 0 Å². The molecule has 0 spiro atoms. The smallest absolute Gasteiger partial charge is 0.0604 e. The van der Waals surface area contributed by atoms with Crippen LogP contribution in [0.2, 0.25) is 0 Å². The molecule has 1 nitrogen and oxygen atoms in total. The van der Waals surface area contributed by atoms with E-state index in [2.05, 4.69) is 72.5 Å². The van der Waals surface area contributed by atoms with Crippen molar-refractivity contribution in [2.45, 2.75) is 25.4 Å². The summed E-state index contributed by atoms with van der Waals surface area (Å²) < 4.78 is 0. The van der Waals surface area contributed by atoms with E-state index in [0.29, 0.717) is 12.1 Å². The molecule has 0 unspecified atom stereocenters. The Morgan fingerprint density at radius 1 is 0.889 bits per heavy atom. The predicted octanol–water partition coefficient (Wildman–Crippen LogP) is 3.87. The van der Waals surface area contributed by atoms with E-state index in [1.807, 2.05) is 0 Å². The third-order valence-electron chi connectivity index (χ3n) is 3.93. The first-order valence-electron chi connectivity index (χ1n) is 6.72. The first-order chi connectivity index (χ1) is 8.86. The molecule has 2 aromatic rings. The van der Waals surface area contributed by atoms with Gasteiger partial charge in [0.1, 0.15) is 0 Å². The second-order valence-corrected chi connectivity index (χ2v) is 5.10. The van der Waals surface area contributed by atoms with Crippen LogP contribution in [0.1, 0.15) is 30.5 Å². The lowest BCUT2D eigenvalue weighted by Gasteiger charge is -2.45. The van der Waals surface area contributed by atoms with Gasteiger partial charge in [-0.25, -0.2) is 0 Å². The van der Waals surface area contributed by atoms with E-state index in [1.54, 1.807) is 0 Å². The van der Waals surface area contributed by atoms with Gasteiger partial charge in [0.2, 0.25) is 0 Å². The molecule has 1 saturated heterocycles. The van der Waals surface area contributed by atoms with E-state index in [0.717, 1.165) is 0 Å². The molecule has 0 saturated carbocycles. The van der Waals surface area contributed by atoms with Gasteiger partial charge in [0.15, 0.2) is 0 Å². The number of nitrogens with zero attached hydrogens (tertiary/aromatic N) is 1. The molecule has 92 valence electrons. The quantitative estimate of drug-likeness (QED) is 0.783. The Morgan fingerprint density at radius 2 is 1.39 bits per heavy atom. The van der Waals surface area contributed by atoms with Gasteiger partial charge in [0.05, 0.1) is 6.04 Å². The van der Waals surface area contributed by atoms with Crippen LogP contribution in [0.3, 0.4) is 0 Å². The molecule has 1 aliphatic rings. The molecule has 0 aliphatic carbocycles. The zero-order valence-electron chi connectivity index (χ0n) is 10.8. The molecule has 1 fully saturated rings. The van der Waals surface area contributed by atoms with Gasteiger partial charge in [0, 0.05) is 12.6 Å². The first kappa shape index (κ1) is 11.5. The molecule has 0 aromatic heterocycles. The monoisotopic (exact) mass is 237 g/mol. The summed E-state index contributed by atoms with van der Waals surface area (Å²) in [5, 5.41) is 0. The second kappa shape index (κ2) is 4.95. The van der Waals surface area contributed by atoms with Crippen LogP contribution in [0.4, 0.5) is 0 Å². The third-order valence-corrected chi connectivity index (χ3v) is 3.93. The van der Waals surface area contributed by atoms with E-state index >= 15 is 0 Å². The molecule has 0 bridgehead atoms. The minimum absolute atomic E-state index is 0.413. The highest BCUT2D eigenvalue weighted by atomic mass is 15.2. The molecule has 3 rings (SSSR count). The zero-order chi connectivity index (χ0) is 12.4. The summed E-state index contributed by atoms with van der Waals surface area (Å²) >= 11 is 0. The molecule has 2 aromatic carbocycles. The van der Waals surface area contributed by atoms with Gasteiger partial charge in [-0.3, -0.25) is 4.90 Å². The van der Waals surface area contributed by atoms with Gasteiger partial charge in [-0.15, -0.1) is 0 Å². The fourth-order valence-corrected chi connectivity index (χ4v) is 2.77. The predicted molar refractivity (Wildman–Crippen MR) is 75.5 cm³/mol. The fourth-order valence-electron chi connectivity index (χ4n) is 2.77. The van der Waals surface area contributed by atoms with E-state index in [-0.39, 0.29) is 0 Å². The Balaban J connectivity index is 1.99. The molecule has 0 N–H and O–H groups in total. The summed E-state index contributed by atoms with van der Waals surface area (Å²) in [7, 11) is 0. The molecule has 1 heteroatoms. The van der Waals surface area contributed by atoms with Crippen molar-refractivity contribution in [1.82, 2.24) is 4.90 Å². The van der Waals surface area contributed by atoms with Crippen LogP contribution in [0.15, 0.2) is 60.7 Å². The van der Waals surface area contributed by atoms with Gasteiger partial charge in [-0.1, -0.05) is 60.7 Å². The summed E-state index contributed by atoms with van der Waals surface area (Å²) in [6.45, 7) is 3.53. The Kier molecular flexibility index (Phi) is 3.16. The average Bonchev–Trinajstić information content (AvgIpc) is 2.45. The van der Waals surface area contributed by atoms with Gasteiger partial charge < -0.3 is 0 Å². The van der Waals surface area contributed by atoms with E-state index in [4.69, 9.17) is 0 Å². The summed E-state index contributed by atoms with van der Waals surface area (Å²) in [5.41, 5.74) is 2.80. The van der Waals surface area contributed by atoms with Crippen molar-refractivity contribution in [2.75, 3.05) is 6.54 Å². The van der Waals surface area contributed by atoms with Crippen molar-refractivity contribution < 1.29 is 0 Å². The lowest BCUT2D eigenvalue weighted by molar-refractivity contribution is 0.0700. The third kappa shape index (κ3) is 2.06. The molecule has 1 heterocycles. The summed E-state index contributed by atoms with van der Waals surface area (Å²) in [5.74, 6) is 0. The summed E-state index contributed by atoms with van der Waals surface area (Å²) in [6.07, 6.45) is 1.32. The van der Waals surface area contributed by atoms with Crippen LogP contribution in [0, 0.1) is 0 Å². The van der Waals surface area contributed by atoms with Crippen LogP contribution in [-0.4, -0.2) is 17.5 Å². The molecular weight excluding hydrogens is 218 g/mol. The standard InChI is InChI=1S/C17H19N/c1-14-12-13-18(14)17(15-8-4-2-5-9-15)16-10-6-3-7-11-16/h2-11,14,17H,12-13H2,1H3/t14-/m1/s1. The summed E-state index contributed by atoms with van der Waals surface area (Å²) in [6, 6.07) is 22.8. The molecular formula is C17H19N. The topological polar surface area (TPSA) is 3.24 Å². The Labute approximate surface area is 109 Å². The van der Waals surface area contributed by atoms with Crippen molar-refractivity contribution in [3.63, 3.8) is 0 Å². The zero-order valence-corrected chi connectivity index (χ0v) is 10.8. The Hall–Kier alpha value is -1.60. The van der Waals surface area contributed by atoms with Crippen molar-refractivity contribution in [3.8, 4) is 0 Å². The number of likely N-dealkylation sites (tertiary alicyclic amines) is 1. The number of hydrogen-bond acceptors (Lipinski definition) is 1. The average molecular weight is 237 g/mol. The molecule has 1 atom stereocenters. The SMILES string of the molecule is C[C@@H]1CCN1C(c1ccccc1)c1ccccc1. The largest absolute Gasteiger partial charge is 0.290 e. The van der Waals surface area contributed by atoms with Gasteiger partial charge in [-0.2, -0.15) is 0 Å². The van der Waals surface area contributed by atoms with E-state index in [9.17, 15) is 0 Å². The van der Waals surface area contributed by atoms with Crippen LogP contribution in [0.25, 0.3) is 0 Å². The van der Waals surface area contributed by atoms with E-state index in [1.165, 1.54) is 24.1 Å². The fraction of sp³-hybridized carbons (Fsp3) is 0.294. The highest BCUT2D eigenvalue weighted by Gasteiger charge is 2.32.